The number of piperidine rings is 1. The first-order valence-electron chi connectivity index (χ1n) is 12.2. The molecule has 10 heteroatoms. The van der Waals surface area contributed by atoms with Crippen molar-refractivity contribution in [3.63, 3.8) is 0 Å². The summed E-state index contributed by atoms with van der Waals surface area (Å²) < 4.78 is 0. The van der Waals surface area contributed by atoms with Gasteiger partial charge in [-0.25, -0.2) is 15.8 Å². The van der Waals surface area contributed by atoms with Crippen LogP contribution >= 0.6 is 11.3 Å². The maximum absolute atomic E-state index is 13.4. The zero-order valence-corrected chi connectivity index (χ0v) is 21.0. The molecule has 3 aromatic rings. The third-order valence-corrected chi connectivity index (χ3v) is 7.09. The number of rotatable bonds is 9. The van der Waals surface area contributed by atoms with Gasteiger partial charge in [-0.05, 0) is 42.3 Å². The summed E-state index contributed by atoms with van der Waals surface area (Å²) in [7, 11) is 0. The first-order valence-corrected chi connectivity index (χ1v) is 13.1. The normalized spacial score (nSPS) is 15.8. The summed E-state index contributed by atoms with van der Waals surface area (Å²) in [5.41, 5.74) is 9.22. The van der Waals surface area contributed by atoms with E-state index >= 15 is 0 Å². The van der Waals surface area contributed by atoms with Gasteiger partial charge in [0.1, 0.15) is 6.04 Å². The number of hydrogen-bond acceptors (Lipinski definition) is 8. The van der Waals surface area contributed by atoms with Gasteiger partial charge in [0.15, 0.2) is 0 Å². The van der Waals surface area contributed by atoms with Gasteiger partial charge in [0, 0.05) is 18.2 Å². The Bertz CT molecular complexity index is 1190. The number of imide groups is 1. The molecular formula is C26H32N6O3S. The summed E-state index contributed by atoms with van der Waals surface area (Å²) in [6.07, 6.45) is 3.61. The molecule has 0 spiro atoms. The lowest BCUT2D eigenvalue weighted by molar-refractivity contribution is -0.148. The maximum atomic E-state index is 13.4. The molecule has 2 heterocycles. The highest BCUT2D eigenvalue weighted by Gasteiger charge is 2.32. The van der Waals surface area contributed by atoms with Crippen LogP contribution in [-0.4, -0.2) is 64.3 Å². The lowest BCUT2D eigenvalue weighted by atomic mass is 9.98. The van der Waals surface area contributed by atoms with Crippen molar-refractivity contribution in [3.8, 4) is 0 Å². The molecule has 2 aromatic carbocycles. The Balaban J connectivity index is 1.52. The summed E-state index contributed by atoms with van der Waals surface area (Å²) in [5, 5.41) is 7.17. The monoisotopic (exact) mass is 508 g/mol. The highest BCUT2D eigenvalue weighted by atomic mass is 32.1. The van der Waals surface area contributed by atoms with Crippen molar-refractivity contribution < 1.29 is 14.4 Å². The van der Waals surface area contributed by atoms with Crippen molar-refractivity contribution in [2.45, 2.75) is 44.2 Å². The Morgan fingerprint density at radius 2 is 1.78 bits per heavy atom. The zero-order valence-electron chi connectivity index (χ0n) is 20.1. The van der Waals surface area contributed by atoms with Gasteiger partial charge in [-0.15, -0.1) is 11.3 Å². The van der Waals surface area contributed by atoms with Crippen LogP contribution in [0, 0.1) is 0 Å². The van der Waals surface area contributed by atoms with Crippen LogP contribution in [0.25, 0.3) is 10.8 Å². The predicted molar refractivity (Wildman–Crippen MR) is 140 cm³/mol. The minimum Gasteiger partial charge on any atom is -0.343 e. The van der Waals surface area contributed by atoms with Crippen LogP contribution in [0.2, 0.25) is 0 Å². The van der Waals surface area contributed by atoms with Gasteiger partial charge in [0.25, 0.3) is 11.8 Å². The number of hydrazine groups is 1. The Kier molecular flexibility index (Phi) is 8.76. The van der Waals surface area contributed by atoms with Gasteiger partial charge in [-0.2, -0.15) is 0 Å². The van der Waals surface area contributed by atoms with Gasteiger partial charge in [-0.1, -0.05) is 48.9 Å². The molecule has 4 rings (SSSR count). The molecule has 0 saturated carbocycles. The van der Waals surface area contributed by atoms with Crippen molar-refractivity contribution in [1.29, 1.82) is 0 Å². The predicted octanol–water partition coefficient (Wildman–Crippen LogP) is 1.61. The molecule has 1 unspecified atom stereocenters. The van der Waals surface area contributed by atoms with Crippen LogP contribution in [0.15, 0.2) is 53.4 Å². The molecule has 1 aliphatic rings. The first-order chi connectivity index (χ1) is 17.4. The first kappa shape index (κ1) is 25.9. The standard InChI is InChI=1S/C26H32N6O3S/c27-22(14-20-16-36-17-29-20)25(34)32(28)26(35)23(30-24(33)15-31-11-4-1-5-12-31)13-19-9-6-8-18-7-2-3-10-21(18)19/h2-3,6-10,16-17,22-23H,1,4-5,11-15,27-28H2,(H,30,33)/t22?,23-/m0/s1. The molecule has 36 heavy (non-hydrogen) atoms. The quantitative estimate of drug-likeness (QED) is 0.227. The smallest absolute Gasteiger partial charge is 0.266 e. The summed E-state index contributed by atoms with van der Waals surface area (Å²) in [6.45, 7) is 1.89. The van der Waals surface area contributed by atoms with Crippen LogP contribution in [0.5, 0.6) is 0 Å². The van der Waals surface area contributed by atoms with E-state index in [0.717, 1.165) is 48.7 Å². The highest BCUT2D eigenvalue weighted by Crippen LogP contribution is 2.20. The van der Waals surface area contributed by atoms with Gasteiger partial charge in [-0.3, -0.25) is 19.3 Å². The van der Waals surface area contributed by atoms with E-state index in [0.29, 0.717) is 10.7 Å². The second kappa shape index (κ2) is 12.2. The second-order valence-corrected chi connectivity index (χ2v) is 9.85. The van der Waals surface area contributed by atoms with E-state index < -0.39 is 23.9 Å². The molecule has 0 radical (unpaired) electrons. The second-order valence-electron chi connectivity index (χ2n) is 9.14. The number of nitrogens with one attached hydrogen (secondary N) is 1. The van der Waals surface area contributed by atoms with E-state index in [4.69, 9.17) is 11.6 Å². The fraction of sp³-hybridized carbons (Fsp3) is 0.385. The number of likely N-dealkylation sites (tertiary alicyclic amines) is 1. The lowest BCUT2D eigenvalue weighted by Gasteiger charge is -2.28. The third kappa shape index (κ3) is 6.52. The number of carbonyl (C=O) groups excluding carboxylic acids is 3. The lowest BCUT2D eigenvalue weighted by Crippen LogP contribution is -2.58. The van der Waals surface area contributed by atoms with Gasteiger partial charge in [0.2, 0.25) is 5.91 Å². The number of carbonyl (C=O) groups is 3. The molecule has 190 valence electrons. The minimum atomic E-state index is -1.02. The molecule has 1 fully saturated rings. The number of thiazole rings is 1. The molecule has 9 nitrogen and oxygen atoms in total. The van der Waals surface area contributed by atoms with Gasteiger partial charge >= 0.3 is 0 Å². The Morgan fingerprint density at radius 3 is 2.53 bits per heavy atom. The molecule has 1 aromatic heterocycles. The zero-order chi connectivity index (χ0) is 25.5. The number of aromatic nitrogens is 1. The molecule has 2 atom stereocenters. The largest absolute Gasteiger partial charge is 0.343 e. The maximum Gasteiger partial charge on any atom is 0.266 e. The highest BCUT2D eigenvalue weighted by molar-refractivity contribution is 7.07. The summed E-state index contributed by atoms with van der Waals surface area (Å²) >= 11 is 1.39. The Hall–Kier alpha value is -3.18. The number of hydrogen-bond donors (Lipinski definition) is 3. The van der Waals surface area contributed by atoms with Crippen molar-refractivity contribution in [2.24, 2.45) is 11.6 Å². The molecule has 1 aliphatic heterocycles. The van der Waals surface area contributed by atoms with E-state index in [2.05, 4.69) is 15.2 Å². The van der Waals surface area contributed by atoms with Gasteiger partial charge < -0.3 is 11.1 Å². The molecule has 0 aliphatic carbocycles. The van der Waals surface area contributed by atoms with E-state index in [-0.39, 0.29) is 25.3 Å². The number of nitrogens with zero attached hydrogens (tertiary/aromatic N) is 3. The topological polar surface area (TPSA) is 135 Å². The van der Waals surface area contributed by atoms with Crippen molar-refractivity contribution in [2.75, 3.05) is 19.6 Å². The fourth-order valence-corrected chi connectivity index (χ4v) is 5.13. The van der Waals surface area contributed by atoms with E-state index in [1.807, 2.05) is 42.5 Å². The van der Waals surface area contributed by atoms with Crippen LogP contribution < -0.4 is 16.9 Å². The van der Waals surface area contributed by atoms with Crippen molar-refractivity contribution >= 4 is 39.8 Å². The van der Waals surface area contributed by atoms with E-state index in [1.165, 1.54) is 11.3 Å². The van der Waals surface area contributed by atoms with Crippen LogP contribution in [0.4, 0.5) is 0 Å². The van der Waals surface area contributed by atoms with Crippen molar-refractivity contribution in [1.82, 2.24) is 20.2 Å². The summed E-state index contributed by atoms with van der Waals surface area (Å²) in [4.78, 5) is 45.5. The average Bonchev–Trinajstić information content (AvgIpc) is 3.40. The van der Waals surface area contributed by atoms with Crippen molar-refractivity contribution in [3.05, 3.63) is 64.6 Å². The van der Waals surface area contributed by atoms with Gasteiger partial charge in [0.05, 0.1) is 23.8 Å². The number of benzene rings is 2. The number of amides is 3. The fourth-order valence-electron chi connectivity index (χ4n) is 4.56. The van der Waals surface area contributed by atoms with Crippen LogP contribution in [0.3, 0.4) is 0 Å². The molecule has 0 bridgehead atoms. The number of nitrogens with two attached hydrogens (primary N) is 2. The third-order valence-electron chi connectivity index (χ3n) is 6.46. The number of fused-ring (bicyclic) bond motifs is 1. The van der Waals surface area contributed by atoms with E-state index in [9.17, 15) is 14.4 Å². The van der Waals surface area contributed by atoms with Crippen LogP contribution in [-0.2, 0) is 27.2 Å². The van der Waals surface area contributed by atoms with E-state index in [1.54, 1.807) is 10.9 Å². The molecule has 5 N–H and O–H groups in total. The summed E-state index contributed by atoms with van der Waals surface area (Å²) in [6, 6.07) is 11.6. The molecular weight excluding hydrogens is 476 g/mol. The van der Waals surface area contributed by atoms with Crippen LogP contribution in [0.1, 0.15) is 30.5 Å². The Morgan fingerprint density at radius 1 is 1.03 bits per heavy atom. The molecule has 3 amide bonds. The minimum absolute atomic E-state index is 0.165. The molecule has 1 saturated heterocycles. The SMILES string of the molecule is NC(Cc1cscn1)C(=O)N(N)C(=O)[C@H](Cc1cccc2ccccc12)NC(=O)CN1CCCCC1. The average molecular weight is 509 g/mol. The summed E-state index contributed by atoms with van der Waals surface area (Å²) in [5.74, 6) is 4.30. The Labute approximate surface area is 214 Å².